The van der Waals surface area contributed by atoms with Crippen LogP contribution < -0.4 is 19.7 Å². The highest BCUT2D eigenvalue weighted by molar-refractivity contribution is 7.22. The average molecular weight is 379 g/mol. The number of rotatable bonds is 3. The average Bonchev–Trinajstić information content (AvgIpc) is 3.35. The van der Waals surface area contributed by atoms with Gasteiger partial charge < -0.3 is 14.4 Å². The smallest absolute Gasteiger partial charge is 0.257 e. The van der Waals surface area contributed by atoms with Crippen LogP contribution in [-0.2, 0) is 0 Å². The quantitative estimate of drug-likeness (QED) is 0.703. The van der Waals surface area contributed by atoms with Gasteiger partial charge in [-0.3, -0.25) is 10.1 Å². The fourth-order valence-electron chi connectivity index (χ4n) is 3.20. The second-order valence-corrected chi connectivity index (χ2v) is 7.39. The molecule has 2 aliphatic heterocycles. The number of thiazole rings is 1. The molecule has 3 heterocycles. The van der Waals surface area contributed by atoms with E-state index in [4.69, 9.17) is 9.47 Å². The van der Waals surface area contributed by atoms with Gasteiger partial charge in [-0.2, -0.15) is 0 Å². The van der Waals surface area contributed by atoms with Gasteiger partial charge >= 0.3 is 0 Å². The van der Waals surface area contributed by atoms with E-state index < -0.39 is 0 Å². The van der Waals surface area contributed by atoms with Crippen molar-refractivity contribution in [1.29, 1.82) is 0 Å². The molecule has 0 spiro atoms. The van der Waals surface area contributed by atoms with Gasteiger partial charge in [0, 0.05) is 36.5 Å². The van der Waals surface area contributed by atoms with E-state index in [0.717, 1.165) is 34.7 Å². The third-order valence-electron chi connectivity index (χ3n) is 4.59. The SMILES string of the molecule is O=C(Nc1nc2cc3c(cc2s1)OCCO3)c1ccc(N2CC=CC2)cc1. The van der Waals surface area contributed by atoms with Crippen molar-refractivity contribution in [2.45, 2.75) is 0 Å². The van der Waals surface area contributed by atoms with Crippen molar-refractivity contribution in [2.24, 2.45) is 0 Å². The van der Waals surface area contributed by atoms with E-state index in [9.17, 15) is 4.79 Å². The summed E-state index contributed by atoms with van der Waals surface area (Å²) >= 11 is 1.42. The van der Waals surface area contributed by atoms with E-state index in [1.54, 1.807) is 0 Å². The third-order valence-corrected chi connectivity index (χ3v) is 5.52. The maximum atomic E-state index is 12.6. The van der Waals surface area contributed by atoms with Gasteiger partial charge in [-0.1, -0.05) is 23.5 Å². The Hall–Kier alpha value is -3.06. The molecule has 0 bridgehead atoms. The van der Waals surface area contributed by atoms with E-state index >= 15 is 0 Å². The Morgan fingerprint density at radius 3 is 2.48 bits per heavy atom. The molecule has 7 heteroatoms. The van der Waals surface area contributed by atoms with Gasteiger partial charge in [-0.25, -0.2) is 4.98 Å². The highest BCUT2D eigenvalue weighted by atomic mass is 32.1. The predicted molar refractivity (Wildman–Crippen MR) is 106 cm³/mol. The van der Waals surface area contributed by atoms with Gasteiger partial charge in [0.2, 0.25) is 0 Å². The van der Waals surface area contributed by atoms with Gasteiger partial charge in [0.05, 0.1) is 10.2 Å². The van der Waals surface area contributed by atoms with Crippen LogP contribution in [0.5, 0.6) is 11.5 Å². The Labute approximate surface area is 160 Å². The summed E-state index contributed by atoms with van der Waals surface area (Å²) in [4.78, 5) is 19.3. The number of aromatic nitrogens is 1. The molecule has 0 unspecified atom stereocenters. The number of ether oxygens (including phenoxy) is 2. The lowest BCUT2D eigenvalue weighted by Gasteiger charge is -2.17. The van der Waals surface area contributed by atoms with E-state index in [-0.39, 0.29) is 5.91 Å². The molecule has 2 aliphatic rings. The van der Waals surface area contributed by atoms with Gasteiger partial charge in [-0.15, -0.1) is 0 Å². The molecule has 0 radical (unpaired) electrons. The molecular weight excluding hydrogens is 362 g/mol. The first-order chi connectivity index (χ1) is 13.3. The lowest BCUT2D eigenvalue weighted by Crippen LogP contribution is -2.18. The highest BCUT2D eigenvalue weighted by Gasteiger charge is 2.16. The normalized spacial score (nSPS) is 15.3. The van der Waals surface area contributed by atoms with E-state index in [1.165, 1.54) is 11.3 Å². The summed E-state index contributed by atoms with van der Waals surface area (Å²) in [7, 11) is 0. The largest absolute Gasteiger partial charge is 0.486 e. The molecular formula is C20H17N3O3S. The van der Waals surface area contributed by atoms with Crippen molar-refractivity contribution >= 4 is 38.3 Å². The molecule has 1 amide bonds. The summed E-state index contributed by atoms with van der Waals surface area (Å²) in [5.41, 5.74) is 2.51. The fourth-order valence-corrected chi connectivity index (χ4v) is 4.07. The summed E-state index contributed by atoms with van der Waals surface area (Å²) in [6.45, 7) is 2.91. The molecule has 0 atom stereocenters. The first-order valence-electron chi connectivity index (χ1n) is 8.78. The van der Waals surface area contributed by atoms with Gasteiger partial charge in [0.1, 0.15) is 13.2 Å². The standard InChI is InChI=1S/C20H17N3O3S/c24-19(13-3-5-14(6-4-13)23-7-1-2-8-23)22-20-21-15-11-16-17(12-18(15)27-20)26-10-9-25-16/h1-6,11-12H,7-10H2,(H,21,22,24). The zero-order valence-electron chi connectivity index (χ0n) is 14.5. The van der Waals surface area contributed by atoms with Crippen LogP contribution in [0.15, 0.2) is 48.6 Å². The number of hydrogen-bond donors (Lipinski definition) is 1. The number of nitrogens with zero attached hydrogens (tertiary/aromatic N) is 2. The molecule has 0 fully saturated rings. The molecule has 2 aromatic carbocycles. The summed E-state index contributed by atoms with van der Waals surface area (Å²) in [6, 6.07) is 11.4. The van der Waals surface area contributed by atoms with Crippen LogP contribution in [0.4, 0.5) is 10.8 Å². The number of hydrogen-bond acceptors (Lipinski definition) is 6. The number of carbonyl (C=O) groups is 1. The number of benzene rings is 2. The third kappa shape index (κ3) is 3.10. The van der Waals surface area contributed by atoms with Crippen molar-refractivity contribution in [1.82, 2.24) is 4.98 Å². The number of amides is 1. The fraction of sp³-hybridized carbons (Fsp3) is 0.200. The zero-order chi connectivity index (χ0) is 18.2. The van der Waals surface area contributed by atoms with E-state index in [2.05, 4.69) is 27.4 Å². The van der Waals surface area contributed by atoms with Crippen LogP contribution in [-0.4, -0.2) is 37.2 Å². The highest BCUT2D eigenvalue weighted by Crippen LogP contribution is 2.37. The molecule has 3 aromatic rings. The van der Waals surface area contributed by atoms with Crippen LogP contribution in [0.1, 0.15) is 10.4 Å². The minimum atomic E-state index is -0.169. The van der Waals surface area contributed by atoms with Gasteiger partial charge in [0.15, 0.2) is 16.6 Å². The first kappa shape index (κ1) is 16.1. The minimum Gasteiger partial charge on any atom is -0.486 e. The van der Waals surface area contributed by atoms with Crippen molar-refractivity contribution in [3.63, 3.8) is 0 Å². The molecule has 5 rings (SSSR count). The topological polar surface area (TPSA) is 63.7 Å². The Morgan fingerprint density at radius 1 is 1.04 bits per heavy atom. The van der Waals surface area contributed by atoms with Crippen LogP contribution >= 0.6 is 11.3 Å². The monoisotopic (exact) mass is 379 g/mol. The molecule has 0 saturated carbocycles. The second-order valence-electron chi connectivity index (χ2n) is 6.36. The van der Waals surface area contributed by atoms with Crippen molar-refractivity contribution in [3.8, 4) is 11.5 Å². The van der Waals surface area contributed by atoms with Crippen LogP contribution in [0.2, 0.25) is 0 Å². The molecule has 0 aliphatic carbocycles. The van der Waals surface area contributed by atoms with E-state index in [0.29, 0.717) is 29.7 Å². The molecule has 1 aromatic heterocycles. The number of fused-ring (bicyclic) bond motifs is 2. The molecule has 136 valence electrons. The first-order valence-corrected chi connectivity index (χ1v) is 9.59. The maximum absolute atomic E-state index is 12.6. The van der Waals surface area contributed by atoms with Gasteiger partial charge in [0.25, 0.3) is 5.91 Å². The second kappa shape index (κ2) is 6.59. The molecule has 1 N–H and O–H groups in total. The summed E-state index contributed by atoms with van der Waals surface area (Å²) < 4.78 is 12.1. The maximum Gasteiger partial charge on any atom is 0.257 e. The predicted octanol–water partition coefficient (Wildman–Crippen LogP) is 3.70. The van der Waals surface area contributed by atoms with Crippen molar-refractivity contribution < 1.29 is 14.3 Å². The van der Waals surface area contributed by atoms with Crippen LogP contribution in [0.25, 0.3) is 10.2 Å². The molecule has 0 saturated heterocycles. The van der Waals surface area contributed by atoms with E-state index in [1.807, 2.05) is 36.4 Å². The zero-order valence-corrected chi connectivity index (χ0v) is 15.3. The summed E-state index contributed by atoms with van der Waals surface area (Å²) in [5, 5.41) is 3.45. The van der Waals surface area contributed by atoms with Crippen molar-refractivity contribution in [3.05, 3.63) is 54.1 Å². The Morgan fingerprint density at radius 2 is 1.74 bits per heavy atom. The van der Waals surface area contributed by atoms with Gasteiger partial charge in [-0.05, 0) is 24.3 Å². The molecule has 6 nitrogen and oxygen atoms in total. The summed E-state index contributed by atoms with van der Waals surface area (Å²) in [6.07, 6.45) is 4.28. The number of nitrogens with one attached hydrogen (secondary N) is 1. The van der Waals surface area contributed by atoms with Crippen molar-refractivity contribution in [2.75, 3.05) is 36.5 Å². The number of anilines is 2. The van der Waals surface area contributed by atoms with Crippen LogP contribution in [0, 0.1) is 0 Å². The summed E-state index contributed by atoms with van der Waals surface area (Å²) in [5.74, 6) is 1.25. The Balaban J connectivity index is 1.34. The number of carbonyl (C=O) groups excluding carboxylic acids is 1. The lowest BCUT2D eigenvalue weighted by molar-refractivity contribution is 0.102. The Kier molecular flexibility index (Phi) is 3.94. The molecule has 27 heavy (non-hydrogen) atoms. The Bertz CT molecular complexity index is 992. The minimum absolute atomic E-state index is 0.169. The lowest BCUT2D eigenvalue weighted by atomic mass is 10.2. The van der Waals surface area contributed by atoms with Crippen LogP contribution in [0.3, 0.4) is 0 Å².